The number of carboxylic acid groups (broad SMARTS) is 1. The molecule has 0 atom stereocenters. The molecule has 0 saturated carbocycles. The van der Waals surface area contributed by atoms with Crippen LogP contribution in [0.5, 0.6) is 0 Å². The van der Waals surface area contributed by atoms with E-state index in [4.69, 9.17) is 0 Å². The Kier molecular flexibility index (Phi) is 7.91. The molecule has 2 aromatic carbocycles. The maximum absolute atomic E-state index is 13.2. The molecule has 200 valence electrons. The van der Waals surface area contributed by atoms with Gasteiger partial charge in [-0.05, 0) is 63.4 Å². The number of hydrogen-bond acceptors (Lipinski definition) is 4. The Bertz CT molecular complexity index is 1340. The maximum atomic E-state index is 13.2. The molecule has 4 rings (SSSR count). The Labute approximate surface area is 225 Å². The van der Waals surface area contributed by atoms with Gasteiger partial charge in [0.1, 0.15) is 6.54 Å². The zero-order chi connectivity index (χ0) is 27.6. The number of aromatic carboxylic acids is 1. The first-order valence-electron chi connectivity index (χ1n) is 13.7. The zero-order valence-corrected chi connectivity index (χ0v) is 23.1. The third-order valence-corrected chi connectivity index (χ3v) is 7.76. The molecule has 0 saturated heterocycles. The number of carbonyl (C=O) groups excluding carboxylic acids is 1. The first-order chi connectivity index (χ1) is 18.1. The van der Waals surface area contributed by atoms with Crippen LogP contribution in [0.25, 0.3) is 5.57 Å². The van der Waals surface area contributed by atoms with E-state index in [1.54, 1.807) is 18.2 Å². The number of Topliss-reactive ketones (excluding diaryl/α,β-unsaturated/α-hetero) is 1. The highest BCUT2D eigenvalue weighted by molar-refractivity contribution is 6.40. The monoisotopic (exact) mass is 514 g/mol. The average molecular weight is 515 g/mol. The fourth-order valence-corrected chi connectivity index (χ4v) is 5.46. The number of hydrogen-bond donors (Lipinski definition) is 1. The molecule has 38 heavy (non-hydrogen) atoms. The summed E-state index contributed by atoms with van der Waals surface area (Å²) in [6.07, 6.45) is 6.23. The summed E-state index contributed by atoms with van der Waals surface area (Å²) in [5.74, 6) is -1.46. The third kappa shape index (κ3) is 4.80. The highest BCUT2D eigenvalue weighted by atomic mass is 16.4. The summed E-state index contributed by atoms with van der Waals surface area (Å²) >= 11 is 0. The molecule has 1 aliphatic heterocycles. The summed E-state index contributed by atoms with van der Waals surface area (Å²) < 4.78 is 2.06. The van der Waals surface area contributed by atoms with E-state index in [9.17, 15) is 19.8 Å². The van der Waals surface area contributed by atoms with Gasteiger partial charge in [-0.15, -0.1) is 0 Å². The van der Waals surface area contributed by atoms with Crippen LogP contribution in [0.2, 0.25) is 0 Å². The predicted octanol–water partition coefficient (Wildman–Crippen LogP) is 5.47. The van der Waals surface area contributed by atoms with Crippen LogP contribution in [0.4, 0.5) is 11.4 Å². The van der Waals surface area contributed by atoms with Gasteiger partial charge in [0.25, 0.3) is 0 Å². The Hall–Kier alpha value is -3.67. The van der Waals surface area contributed by atoms with Gasteiger partial charge in [0.2, 0.25) is 5.69 Å². The number of fused-ring (bicyclic) bond motifs is 1. The molecular weight excluding hydrogens is 476 g/mol. The van der Waals surface area contributed by atoms with Crippen molar-refractivity contribution in [1.29, 1.82) is 0 Å². The molecule has 2 aromatic rings. The lowest BCUT2D eigenvalue weighted by molar-refractivity contribution is -0.433. The number of allylic oxidation sites excluding steroid dienone is 3. The van der Waals surface area contributed by atoms with Crippen molar-refractivity contribution < 1.29 is 24.4 Å². The van der Waals surface area contributed by atoms with E-state index >= 15 is 0 Å². The van der Waals surface area contributed by atoms with E-state index in [-0.39, 0.29) is 28.3 Å². The van der Waals surface area contributed by atoms with Crippen molar-refractivity contribution >= 4 is 34.4 Å². The van der Waals surface area contributed by atoms with Crippen molar-refractivity contribution in [1.82, 2.24) is 0 Å². The Balaban J connectivity index is 1.64. The molecule has 0 aromatic heterocycles. The lowest BCUT2D eigenvalue weighted by Gasteiger charge is -2.31. The second-order valence-electron chi connectivity index (χ2n) is 10.6. The van der Waals surface area contributed by atoms with Crippen molar-refractivity contribution in [3.63, 3.8) is 0 Å². The summed E-state index contributed by atoms with van der Waals surface area (Å²) in [4.78, 5) is 27.2. The van der Waals surface area contributed by atoms with Gasteiger partial charge in [0, 0.05) is 47.6 Å². The van der Waals surface area contributed by atoms with Gasteiger partial charge in [-0.3, -0.25) is 4.79 Å². The normalized spacial score (nSPS) is 17.2. The molecule has 0 spiro atoms. The van der Waals surface area contributed by atoms with Crippen LogP contribution >= 0.6 is 0 Å². The first kappa shape index (κ1) is 27.4. The molecular formula is C32H38N2O4. The van der Waals surface area contributed by atoms with Gasteiger partial charge < -0.3 is 15.1 Å². The zero-order valence-electron chi connectivity index (χ0n) is 23.1. The first-order valence-corrected chi connectivity index (χ1v) is 13.7. The Morgan fingerprint density at radius 2 is 1.66 bits per heavy atom. The lowest BCUT2D eigenvalue weighted by Crippen LogP contribution is -2.33. The number of ketones is 1. The molecule has 0 bridgehead atoms. The summed E-state index contributed by atoms with van der Waals surface area (Å²) in [6, 6.07) is 12.9. The molecule has 6 nitrogen and oxygen atoms in total. The number of benzene rings is 2. The van der Waals surface area contributed by atoms with E-state index in [1.165, 1.54) is 0 Å². The second kappa shape index (κ2) is 11.0. The highest BCUT2D eigenvalue weighted by Crippen LogP contribution is 2.42. The number of unbranched alkanes of at least 4 members (excludes halogenated alkanes) is 2. The Morgan fingerprint density at radius 1 is 1.03 bits per heavy atom. The fraction of sp³-hybridized carbons (Fsp3) is 0.406. The molecule has 2 aliphatic rings. The standard InChI is InChI=1S/C32H38N2O4/c1-6-9-17-33(18-10-7-2)23-14-11-21(12-15-23)28-29(35)24(30(28)36)20-27-32(4,5)25-19-22(31(37)38)13-16-26(25)34(27)8-3/h11-16,19-20H,6-10,17-18H2,1-5H3,(H-,35,36,37,38). The van der Waals surface area contributed by atoms with E-state index in [0.29, 0.717) is 12.1 Å². The van der Waals surface area contributed by atoms with Crippen molar-refractivity contribution in [2.75, 3.05) is 24.5 Å². The van der Waals surface area contributed by atoms with Gasteiger partial charge in [-0.1, -0.05) is 44.6 Å². The van der Waals surface area contributed by atoms with Gasteiger partial charge >= 0.3 is 5.97 Å². The van der Waals surface area contributed by atoms with Crippen molar-refractivity contribution in [2.24, 2.45) is 0 Å². The molecule has 1 N–H and O–H groups in total. The summed E-state index contributed by atoms with van der Waals surface area (Å²) in [5.41, 5.74) is 4.47. The minimum Gasteiger partial charge on any atom is -0.871 e. The largest absolute Gasteiger partial charge is 0.871 e. The van der Waals surface area contributed by atoms with Gasteiger partial charge in [-0.25, -0.2) is 4.79 Å². The maximum Gasteiger partial charge on any atom is 0.335 e. The van der Waals surface area contributed by atoms with E-state index in [1.807, 2.05) is 51.1 Å². The molecule has 1 aliphatic carbocycles. The van der Waals surface area contributed by atoms with E-state index in [2.05, 4.69) is 23.3 Å². The quantitative estimate of drug-likeness (QED) is 0.318. The molecule has 6 heteroatoms. The smallest absolute Gasteiger partial charge is 0.335 e. The molecule has 0 amide bonds. The third-order valence-electron chi connectivity index (χ3n) is 7.76. The number of anilines is 1. The minimum atomic E-state index is -0.980. The second-order valence-corrected chi connectivity index (χ2v) is 10.6. The van der Waals surface area contributed by atoms with Crippen molar-refractivity contribution in [2.45, 2.75) is 65.7 Å². The van der Waals surface area contributed by atoms with Gasteiger partial charge in [0.05, 0.1) is 11.0 Å². The van der Waals surface area contributed by atoms with Crippen LogP contribution in [0.1, 0.15) is 81.8 Å². The lowest BCUT2D eigenvalue weighted by atomic mass is 9.77. The van der Waals surface area contributed by atoms with Crippen molar-refractivity contribution in [3.8, 4) is 0 Å². The summed E-state index contributed by atoms with van der Waals surface area (Å²) in [5, 5.41) is 22.7. The van der Waals surface area contributed by atoms with E-state index < -0.39 is 11.4 Å². The topological polar surface area (TPSA) is 83.7 Å². The summed E-state index contributed by atoms with van der Waals surface area (Å²) in [7, 11) is 0. The predicted molar refractivity (Wildman–Crippen MR) is 150 cm³/mol. The number of rotatable bonds is 11. The van der Waals surface area contributed by atoms with Crippen molar-refractivity contribution in [3.05, 3.63) is 76.6 Å². The number of carboxylic acids is 1. The van der Waals surface area contributed by atoms with Crippen LogP contribution in [0.3, 0.4) is 0 Å². The molecule has 0 radical (unpaired) electrons. The highest BCUT2D eigenvalue weighted by Gasteiger charge is 2.45. The minimum absolute atomic E-state index is 0.185. The van der Waals surface area contributed by atoms with Crippen LogP contribution in [0, 0.1) is 0 Å². The Morgan fingerprint density at radius 3 is 2.18 bits per heavy atom. The summed E-state index contributed by atoms with van der Waals surface area (Å²) in [6.45, 7) is 13.0. The number of nitrogens with zero attached hydrogens (tertiary/aromatic N) is 2. The molecule has 1 heterocycles. The SMILES string of the molecule is CCCCN(CCCC)c1ccc(C2=C([O-])C(=CC3=[N+](CC)c4ccc(C(=O)O)cc4C3(C)C)C2=O)cc1. The fourth-order valence-electron chi connectivity index (χ4n) is 5.46. The van der Waals surface area contributed by atoms with Gasteiger partial charge in [0.15, 0.2) is 11.5 Å². The van der Waals surface area contributed by atoms with Crippen LogP contribution in [0.15, 0.2) is 59.9 Å². The molecule has 0 fully saturated rings. The van der Waals surface area contributed by atoms with Crippen LogP contribution in [-0.4, -0.2) is 46.8 Å². The van der Waals surface area contributed by atoms with E-state index in [0.717, 1.165) is 61.4 Å². The van der Waals surface area contributed by atoms with Gasteiger partial charge in [-0.2, -0.15) is 4.58 Å². The van der Waals surface area contributed by atoms with Crippen LogP contribution < -0.4 is 10.0 Å². The average Bonchev–Trinajstić information content (AvgIpc) is 3.12. The van der Waals surface area contributed by atoms with Crippen LogP contribution in [-0.2, 0) is 10.2 Å². The number of carbonyl (C=O) groups is 2. The molecule has 0 unspecified atom stereocenters.